The second kappa shape index (κ2) is 7.60. The fraction of sp³-hybridized carbons (Fsp3) is 0.385. The van der Waals surface area contributed by atoms with Crippen LogP contribution in [-0.4, -0.2) is 0 Å². The maximum Gasteiger partial charge on any atom is -0.00325 e. The Balaban J connectivity index is 4.38. The lowest BCUT2D eigenvalue weighted by molar-refractivity contribution is 1.13. The third-order valence-corrected chi connectivity index (χ3v) is 1.89. The summed E-state index contributed by atoms with van der Waals surface area (Å²) < 4.78 is 0. The molecular formula is C13H20. The van der Waals surface area contributed by atoms with Crippen LogP contribution < -0.4 is 0 Å². The molecule has 0 radical (unpaired) electrons. The molecule has 0 saturated heterocycles. The second-order valence-corrected chi connectivity index (χ2v) is 2.93. The lowest BCUT2D eigenvalue weighted by Crippen LogP contribution is -1.82. The Labute approximate surface area is 82.4 Å². The average molecular weight is 176 g/mol. The SMILES string of the molecule is C=C/C(=C\CC)CC(/C=C\C)=C/C. The van der Waals surface area contributed by atoms with Gasteiger partial charge in [-0.15, -0.1) is 0 Å². The van der Waals surface area contributed by atoms with Crippen molar-refractivity contribution in [2.24, 2.45) is 0 Å². The van der Waals surface area contributed by atoms with Gasteiger partial charge in [-0.05, 0) is 37.8 Å². The van der Waals surface area contributed by atoms with Crippen molar-refractivity contribution in [3.63, 3.8) is 0 Å². The predicted octanol–water partition coefficient (Wildman–Crippen LogP) is 4.42. The molecule has 0 atom stereocenters. The minimum Gasteiger partial charge on any atom is -0.0988 e. The van der Waals surface area contributed by atoms with Crippen LogP contribution in [-0.2, 0) is 0 Å². The highest BCUT2D eigenvalue weighted by atomic mass is 14.0. The Morgan fingerprint density at radius 1 is 1.23 bits per heavy atom. The van der Waals surface area contributed by atoms with E-state index in [1.807, 2.05) is 13.0 Å². The van der Waals surface area contributed by atoms with Gasteiger partial charge in [-0.2, -0.15) is 0 Å². The van der Waals surface area contributed by atoms with E-state index < -0.39 is 0 Å². The monoisotopic (exact) mass is 176 g/mol. The molecule has 0 fully saturated rings. The summed E-state index contributed by atoms with van der Waals surface area (Å²) in [5.41, 5.74) is 2.66. The van der Waals surface area contributed by atoms with Gasteiger partial charge in [-0.3, -0.25) is 0 Å². The Morgan fingerprint density at radius 3 is 2.31 bits per heavy atom. The lowest BCUT2D eigenvalue weighted by Gasteiger charge is -2.02. The van der Waals surface area contributed by atoms with Crippen LogP contribution >= 0.6 is 0 Å². The quantitative estimate of drug-likeness (QED) is 0.544. The van der Waals surface area contributed by atoms with Crippen LogP contribution in [0.3, 0.4) is 0 Å². The summed E-state index contributed by atoms with van der Waals surface area (Å²) >= 11 is 0. The summed E-state index contributed by atoms with van der Waals surface area (Å²) in [6.45, 7) is 10.1. The average Bonchev–Trinajstić information content (AvgIpc) is 2.16. The van der Waals surface area contributed by atoms with Gasteiger partial charge in [0, 0.05) is 0 Å². The lowest BCUT2D eigenvalue weighted by atomic mass is 10.0. The van der Waals surface area contributed by atoms with E-state index in [1.165, 1.54) is 11.1 Å². The van der Waals surface area contributed by atoms with Crippen molar-refractivity contribution in [1.29, 1.82) is 0 Å². The molecule has 0 aliphatic heterocycles. The summed E-state index contributed by atoms with van der Waals surface area (Å²) in [5.74, 6) is 0. The van der Waals surface area contributed by atoms with E-state index in [2.05, 4.69) is 44.7 Å². The molecule has 0 aromatic heterocycles. The summed E-state index contributed by atoms with van der Waals surface area (Å²) in [6, 6.07) is 0. The van der Waals surface area contributed by atoms with E-state index in [4.69, 9.17) is 0 Å². The third kappa shape index (κ3) is 5.24. The van der Waals surface area contributed by atoms with Gasteiger partial charge in [-0.1, -0.05) is 43.9 Å². The van der Waals surface area contributed by atoms with Crippen molar-refractivity contribution in [3.05, 3.63) is 48.1 Å². The van der Waals surface area contributed by atoms with Gasteiger partial charge in [-0.25, -0.2) is 0 Å². The van der Waals surface area contributed by atoms with E-state index >= 15 is 0 Å². The zero-order chi connectivity index (χ0) is 10.1. The van der Waals surface area contributed by atoms with Gasteiger partial charge in [0.15, 0.2) is 0 Å². The predicted molar refractivity (Wildman–Crippen MR) is 61.8 cm³/mol. The van der Waals surface area contributed by atoms with Crippen molar-refractivity contribution in [2.75, 3.05) is 0 Å². The zero-order valence-electron chi connectivity index (χ0n) is 9.01. The van der Waals surface area contributed by atoms with Gasteiger partial charge in [0.25, 0.3) is 0 Å². The van der Waals surface area contributed by atoms with Crippen molar-refractivity contribution in [3.8, 4) is 0 Å². The fourth-order valence-electron chi connectivity index (χ4n) is 1.20. The van der Waals surface area contributed by atoms with Crippen LogP contribution in [0.2, 0.25) is 0 Å². The number of allylic oxidation sites excluding steroid dienone is 7. The number of hydrogen-bond donors (Lipinski definition) is 0. The van der Waals surface area contributed by atoms with E-state index in [0.29, 0.717) is 0 Å². The molecule has 72 valence electrons. The van der Waals surface area contributed by atoms with E-state index in [-0.39, 0.29) is 0 Å². The molecule has 0 saturated carbocycles. The van der Waals surface area contributed by atoms with Gasteiger partial charge in [0.1, 0.15) is 0 Å². The third-order valence-electron chi connectivity index (χ3n) is 1.89. The summed E-state index contributed by atoms with van der Waals surface area (Å²) in [6.07, 6.45) is 12.6. The van der Waals surface area contributed by atoms with E-state index in [1.54, 1.807) is 0 Å². The maximum atomic E-state index is 3.81. The molecule has 0 unspecified atom stereocenters. The molecule has 0 aromatic carbocycles. The van der Waals surface area contributed by atoms with Crippen molar-refractivity contribution < 1.29 is 0 Å². The highest BCUT2D eigenvalue weighted by Gasteiger charge is 1.93. The molecule has 0 heteroatoms. The number of hydrogen-bond acceptors (Lipinski definition) is 0. The number of rotatable bonds is 5. The van der Waals surface area contributed by atoms with Crippen molar-refractivity contribution in [2.45, 2.75) is 33.6 Å². The highest BCUT2D eigenvalue weighted by Crippen LogP contribution is 2.13. The molecule has 0 N–H and O–H groups in total. The first-order valence-electron chi connectivity index (χ1n) is 4.87. The first-order chi connectivity index (χ1) is 6.28. The van der Waals surface area contributed by atoms with Crippen molar-refractivity contribution in [1.82, 2.24) is 0 Å². The molecule has 13 heavy (non-hydrogen) atoms. The summed E-state index contributed by atoms with van der Waals surface area (Å²) in [5, 5.41) is 0. The molecule has 0 rings (SSSR count). The molecule has 0 heterocycles. The maximum absolute atomic E-state index is 3.81. The van der Waals surface area contributed by atoms with Crippen LogP contribution in [0.5, 0.6) is 0 Å². The summed E-state index contributed by atoms with van der Waals surface area (Å²) in [4.78, 5) is 0. The van der Waals surface area contributed by atoms with Crippen LogP contribution in [0.25, 0.3) is 0 Å². The minimum atomic E-state index is 0.998. The van der Waals surface area contributed by atoms with E-state index in [0.717, 1.165) is 12.8 Å². The molecule has 0 aromatic rings. The topological polar surface area (TPSA) is 0 Å². The first-order valence-corrected chi connectivity index (χ1v) is 4.87. The highest BCUT2D eigenvalue weighted by molar-refractivity contribution is 5.29. The Kier molecular flexibility index (Phi) is 6.99. The van der Waals surface area contributed by atoms with Crippen LogP contribution in [0.4, 0.5) is 0 Å². The van der Waals surface area contributed by atoms with Crippen LogP contribution in [0.15, 0.2) is 48.1 Å². The Bertz CT molecular complexity index is 226. The molecule has 0 aliphatic carbocycles. The molecule has 0 bridgehead atoms. The zero-order valence-corrected chi connectivity index (χ0v) is 9.01. The minimum absolute atomic E-state index is 0.998. The van der Waals surface area contributed by atoms with Gasteiger partial charge < -0.3 is 0 Å². The second-order valence-electron chi connectivity index (χ2n) is 2.93. The van der Waals surface area contributed by atoms with Gasteiger partial charge in [0.2, 0.25) is 0 Å². The Hall–Kier alpha value is -1.04. The first kappa shape index (κ1) is 12.0. The molecule has 0 spiro atoms. The normalized spacial score (nSPS) is 13.8. The summed E-state index contributed by atoms with van der Waals surface area (Å²) in [7, 11) is 0. The smallest absolute Gasteiger partial charge is 0.00325 e. The van der Waals surface area contributed by atoms with Gasteiger partial charge in [0.05, 0.1) is 0 Å². The van der Waals surface area contributed by atoms with Crippen molar-refractivity contribution >= 4 is 0 Å². The van der Waals surface area contributed by atoms with Crippen LogP contribution in [0, 0.1) is 0 Å². The molecule has 0 aliphatic rings. The standard InChI is InChI=1S/C13H20/c1-5-9-12(7-3)11-13(8-4)10-6-2/h6-10H,3,5,11H2,1-2,4H3/b10-6-,12-9+,13-8+. The van der Waals surface area contributed by atoms with Crippen LogP contribution in [0.1, 0.15) is 33.6 Å². The molecular weight excluding hydrogens is 156 g/mol. The molecule has 0 amide bonds. The Morgan fingerprint density at radius 2 is 1.92 bits per heavy atom. The largest absolute Gasteiger partial charge is 0.0988 e. The fourth-order valence-corrected chi connectivity index (χ4v) is 1.20. The van der Waals surface area contributed by atoms with Gasteiger partial charge >= 0.3 is 0 Å². The molecule has 0 nitrogen and oxygen atoms in total. The van der Waals surface area contributed by atoms with E-state index in [9.17, 15) is 0 Å².